The number of hydrogen-bond acceptors (Lipinski definition) is 7. The number of halogens is 1. The molecule has 0 aliphatic carbocycles. The van der Waals surface area contributed by atoms with E-state index in [4.69, 9.17) is 4.42 Å². The van der Waals surface area contributed by atoms with E-state index in [0.29, 0.717) is 29.4 Å². The minimum Gasteiger partial charge on any atom is -0.477 e. The maximum absolute atomic E-state index is 11.9. The molecule has 2 N–H and O–H groups in total. The second-order valence-corrected chi connectivity index (χ2v) is 8.70. The number of hydrogen-bond donors (Lipinski definition) is 2. The molecule has 0 saturated carbocycles. The first kappa shape index (κ1) is 22.7. The highest BCUT2D eigenvalue weighted by atomic mass is 79.9. The van der Waals surface area contributed by atoms with E-state index in [1.54, 1.807) is 4.57 Å². The number of fused-ring (bicyclic) bond motifs is 1. The van der Waals surface area contributed by atoms with E-state index in [0.717, 1.165) is 39.0 Å². The monoisotopic (exact) mass is 534 g/mol. The van der Waals surface area contributed by atoms with Gasteiger partial charge in [0.1, 0.15) is 22.9 Å². The number of tetrazole rings is 1. The number of aromatic amines is 1. The Balaban J connectivity index is 1.60. The number of carboxylic acid groups (broad SMARTS) is 1. The van der Waals surface area contributed by atoms with Crippen LogP contribution in [-0.4, -0.2) is 41.3 Å². The Bertz CT molecular complexity index is 1610. The minimum absolute atomic E-state index is 0.0879. The van der Waals surface area contributed by atoms with E-state index in [1.807, 2.05) is 49.4 Å². The quantitative estimate of drug-likeness (QED) is 0.315. The first-order valence-electron chi connectivity index (χ1n) is 10.8. The third-order valence-electron chi connectivity index (χ3n) is 5.60. The van der Waals surface area contributed by atoms with Gasteiger partial charge in [-0.2, -0.15) is 4.98 Å². The van der Waals surface area contributed by atoms with Crippen LogP contribution in [0.3, 0.4) is 0 Å². The Morgan fingerprint density at radius 3 is 2.69 bits per heavy atom. The minimum atomic E-state index is -1.17. The summed E-state index contributed by atoms with van der Waals surface area (Å²) < 4.78 is 8.51. The van der Waals surface area contributed by atoms with Gasteiger partial charge in [-0.15, -0.1) is 5.10 Å². The molecule has 0 aliphatic rings. The molecule has 0 amide bonds. The third-order valence-corrected chi connectivity index (χ3v) is 6.39. The summed E-state index contributed by atoms with van der Waals surface area (Å²) >= 11 is 3.68. The number of rotatable bonds is 7. The summed E-state index contributed by atoms with van der Waals surface area (Å²) in [6.07, 6.45) is 1.22. The van der Waals surface area contributed by atoms with Crippen molar-refractivity contribution in [3.63, 3.8) is 0 Å². The molecule has 3 aromatic heterocycles. The van der Waals surface area contributed by atoms with Gasteiger partial charge >= 0.3 is 5.97 Å². The lowest BCUT2D eigenvalue weighted by Gasteiger charge is -2.15. The molecule has 11 heteroatoms. The van der Waals surface area contributed by atoms with Crippen molar-refractivity contribution in [2.24, 2.45) is 0 Å². The average molecular weight is 535 g/mol. The number of carboxylic acids is 1. The number of nitrogens with one attached hydrogen (secondary N) is 1. The molecular formula is C24H19BrN6O4. The second kappa shape index (κ2) is 9.26. The fourth-order valence-electron chi connectivity index (χ4n) is 4.05. The van der Waals surface area contributed by atoms with Gasteiger partial charge in [0.25, 0.3) is 5.56 Å². The normalized spacial score (nSPS) is 11.3. The summed E-state index contributed by atoms with van der Waals surface area (Å²) in [7, 11) is 0. The molecule has 0 radical (unpaired) electrons. The van der Waals surface area contributed by atoms with Crippen LogP contribution in [0.25, 0.3) is 33.7 Å². The number of aromatic carboxylic acids is 1. The second-order valence-electron chi connectivity index (χ2n) is 7.91. The van der Waals surface area contributed by atoms with Crippen molar-refractivity contribution in [3.05, 3.63) is 80.4 Å². The van der Waals surface area contributed by atoms with Crippen LogP contribution in [0.1, 0.15) is 35.2 Å². The van der Waals surface area contributed by atoms with Crippen LogP contribution in [0.5, 0.6) is 0 Å². The zero-order valence-electron chi connectivity index (χ0n) is 18.5. The molecule has 35 heavy (non-hydrogen) atoms. The van der Waals surface area contributed by atoms with Gasteiger partial charge in [-0.3, -0.25) is 4.79 Å². The lowest BCUT2D eigenvalue weighted by molar-refractivity contribution is 0.0683. The van der Waals surface area contributed by atoms with Crippen molar-refractivity contribution < 1.29 is 14.3 Å². The van der Waals surface area contributed by atoms with Gasteiger partial charge in [0.15, 0.2) is 5.82 Å². The molecule has 0 bridgehead atoms. The van der Waals surface area contributed by atoms with E-state index in [2.05, 4.69) is 41.5 Å². The summed E-state index contributed by atoms with van der Waals surface area (Å²) in [6, 6.07) is 14.3. The van der Waals surface area contributed by atoms with Crippen molar-refractivity contribution in [1.82, 2.24) is 30.2 Å². The molecule has 176 valence electrons. The standard InChI is InChI=1S/C24H19BrN6O4/c1-2-5-19-26-20(32)11-17(24(33)34)31(19)12-13-8-9-18-16(10-13)21(25)22(35-18)14-6-3-4-7-15(14)23-27-29-30-28-23/h3-4,6-11H,2,5,12H2,1H3,(H,33,34)(H,27,28,29,30). The molecule has 5 rings (SSSR count). The van der Waals surface area contributed by atoms with Gasteiger partial charge in [0, 0.05) is 35.5 Å². The number of nitrogens with zero attached hydrogens (tertiary/aromatic N) is 5. The molecule has 0 spiro atoms. The van der Waals surface area contributed by atoms with E-state index >= 15 is 0 Å². The van der Waals surface area contributed by atoms with Gasteiger partial charge < -0.3 is 14.1 Å². The van der Waals surface area contributed by atoms with Crippen molar-refractivity contribution >= 4 is 32.9 Å². The SMILES string of the molecule is CCCc1nc(=O)cc(C(=O)O)n1Cc1ccc2oc(-c3ccccc3-c3nnn[nH]3)c(Br)c2c1. The first-order chi connectivity index (χ1) is 17.0. The van der Waals surface area contributed by atoms with Gasteiger partial charge in [-0.1, -0.05) is 37.3 Å². The smallest absolute Gasteiger partial charge is 0.352 e. The molecule has 2 aromatic carbocycles. The molecule has 0 fully saturated rings. The van der Waals surface area contributed by atoms with Crippen molar-refractivity contribution in [3.8, 4) is 22.7 Å². The highest BCUT2D eigenvalue weighted by molar-refractivity contribution is 9.10. The molecule has 5 aromatic rings. The largest absolute Gasteiger partial charge is 0.477 e. The van der Waals surface area contributed by atoms with Crippen LogP contribution in [0.2, 0.25) is 0 Å². The molecule has 0 aliphatic heterocycles. The van der Waals surface area contributed by atoms with Gasteiger partial charge in [0.2, 0.25) is 0 Å². The maximum Gasteiger partial charge on any atom is 0.352 e. The van der Waals surface area contributed by atoms with Crippen LogP contribution < -0.4 is 5.56 Å². The predicted molar refractivity (Wildman–Crippen MR) is 131 cm³/mol. The molecule has 3 heterocycles. The predicted octanol–water partition coefficient (Wildman–Crippen LogP) is 4.30. The van der Waals surface area contributed by atoms with Gasteiger partial charge in [-0.25, -0.2) is 9.89 Å². The topological polar surface area (TPSA) is 140 Å². The molecular weight excluding hydrogens is 516 g/mol. The summed E-state index contributed by atoms with van der Waals surface area (Å²) in [5.41, 5.74) is 2.44. The first-order valence-corrected chi connectivity index (χ1v) is 11.6. The highest BCUT2D eigenvalue weighted by Gasteiger charge is 2.20. The van der Waals surface area contributed by atoms with Crippen molar-refractivity contribution in [1.29, 1.82) is 0 Å². The third kappa shape index (κ3) is 4.26. The Morgan fingerprint density at radius 2 is 1.97 bits per heavy atom. The molecule has 0 saturated heterocycles. The number of aryl methyl sites for hydroxylation is 1. The number of furan rings is 1. The fraction of sp³-hybridized carbons (Fsp3) is 0.167. The summed E-state index contributed by atoms with van der Waals surface area (Å²) in [5, 5.41) is 24.6. The van der Waals surface area contributed by atoms with E-state index < -0.39 is 11.5 Å². The zero-order valence-corrected chi connectivity index (χ0v) is 20.1. The summed E-state index contributed by atoms with van der Waals surface area (Å²) in [6.45, 7) is 2.19. The molecule has 0 unspecified atom stereocenters. The zero-order chi connectivity index (χ0) is 24.5. The Labute approximate surface area is 206 Å². The molecule has 0 atom stereocenters. The number of benzene rings is 2. The lowest BCUT2D eigenvalue weighted by atomic mass is 10.0. The van der Waals surface area contributed by atoms with Gasteiger partial charge in [-0.05, 0) is 50.5 Å². The number of carbonyl (C=O) groups is 1. The van der Waals surface area contributed by atoms with Crippen molar-refractivity contribution in [2.45, 2.75) is 26.3 Å². The van der Waals surface area contributed by atoms with Crippen LogP contribution in [-0.2, 0) is 13.0 Å². The summed E-state index contributed by atoms with van der Waals surface area (Å²) in [4.78, 5) is 27.9. The average Bonchev–Trinajstić information content (AvgIpc) is 3.49. The fourth-order valence-corrected chi connectivity index (χ4v) is 4.66. The number of H-pyrrole nitrogens is 1. The van der Waals surface area contributed by atoms with E-state index in [9.17, 15) is 14.7 Å². The highest BCUT2D eigenvalue weighted by Crippen LogP contribution is 2.41. The van der Waals surface area contributed by atoms with Gasteiger partial charge in [0.05, 0.1) is 4.47 Å². The maximum atomic E-state index is 11.9. The van der Waals surface area contributed by atoms with E-state index in [-0.39, 0.29) is 12.2 Å². The van der Waals surface area contributed by atoms with E-state index in [1.165, 1.54) is 0 Å². The summed E-state index contributed by atoms with van der Waals surface area (Å²) in [5.74, 6) is 0.406. The number of aromatic nitrogens is 6. The van der Waals surface area contributed by atoms with Crippen LogP contribution in [0.4, 0.5) is 0 Å². The lowest BCUT2D eigenvalue weighted by Crippen LogP contribution is -2.24. The van der Waals surface area contributed by atoms with Crippen molar-refractivity contribution in [2.75, 3.05) is 0 Å². The van der Waals surface area contributed by atoms with Crippen LogP contribution in [0.15, 0.2) is 62.2 Å². The Hall–Kier alpha value is -4.12. The van der Waals surface area contributed by atoms with Crippen LogP contribution in [0, 0.1) is 0 Å². The Kier molecular flexibility index (Phi) is 6.00. The Morgan fingerprint density at radius 1 is 1.17 bits per heavy atom. The van der Waals surface area contributed by atoms with Crippen LogP contribution >= 0.6 is 15.9 Å². The molecule has 10 nitrogen and oxygen atoms in total.